The Bertz CT molecular complexity index is 373. The van der Waals surface area contributed by atoms with Gasteiger partial charge in [0.05, 0.1) is 6.61 Å². The van der Waals surface area contributed by atoms with E-state index in [4.69, 9.17) is 21.4 Å². The Morgan fingerprint density at radius 1 is 1.73 bits per heavy atom. The van der Waals surface area contributed by atoms with Crippen molar-refractivity contribution >= 4 is 17.6 Å². The number of carbonyl (C=O) groups is 1. The quantitative estimate of drug-likeness (QED) is 0.827. The summed E-state index contributed by atoms with van der Waals surface area (Å²) < 4.78 is 6.61. The summed E-state index contributed by atoms with van der Waals surface area (Å²) in [6.45, 7) is 1.96. The van der Waals surface area contributed by atoms with Crippen molar-refractivity contribution in [3.05, 3.63) is 10.8 Å². The maximum Gasteiger partial charge on any atom is 0.359 e. The number of ether oxygens (including phenoxy) is 1. The van der Waals surface area contributed by atoms with Crippen molar-refractivity contribution in [3.63, 3.8) is 0 Å². The third-order valence-electron chi connectivity index (χ3n) is 2.33. The normalized spacial score (nSPS) is 20.7. The van der Waals surface area contributed by atoms with Gasteiger partial charge in [-0.2, -0.15) is 0 Å². The first kappa shape index (κ1) is 10.4. The molecule has 2 rings (SSSR count). The van der Waals surface area contributed by atoms with E-state index in [1.54, 1.807) is 0 Å². The Kier molecular flexibility index (Phi) is 2.88. The Labute approximate surface area is 90.8 Å². The first-order valence-electron chi connectivity index (χ1n) is 4.58. The number of aromatic carboxylic acids is 1. The monoisotopic (exact) mass is 231 g/mol. The van der Waals surface area contributed by atoms with Crippen molar-refractivity contribution in [1.29, 1.82) is 0 Å². The fourth-order valence-electron chi connectivity index (χ4n) is 1.52. The smallest absolute Gasteiger partial charge is 0.359 e. The highest BCUT2D eigenvalue weighted by atomic mass is 35.5. The fourth-order valence-corrected chi connectivity index (χ4v) is 1.74. The van der Waals surface area contributed by atoms with Gasteiger partial charge in [0.15, 0.2) is 5.15 Å². The van der Waals surface area contributed by atoms with E-state index in [9.17, 15) is 4.79 Å². The lowest BCUT2D eigenvalue weighted by atomic mass is 10.1. The lowest BCUT2D eigenvalue weighted by Gasteiger charge is -2.06. The van der Waals surface area contributed by atoms with Crippen molar-refractivity contribution in [2.75, 3.05) is 13.2 Å². The molecule has 2 heterocycles. The molecule has 82 valence electrons. The molecule has 0 bridgehead atoms. The molecule has 0 spiro atoms. The Balaban J connectivity index is 2.11. The standard InChI is InChI=1S/C8H10ClN3O3/c9-7-6(8(13)14)10-11-12(7)3-5-1-2-15-4-5/h5H,1-4H2,(H,13,14). The lowest BCUT2D eigenvalue weighted by Crippen LogP contribution is -2.12. The summed E-state index contributed by atoms with van der Waals surface area (Å²) in [5, 5.41) is 16.0. The van der Waals surface area contributed by atoms with Crippen molar-refractivity contribution < 1.29 is 14.6 Å². The van der Waals surface area contributed by atoms with Crippen LogP contribution in [0.15, 0.2) is 0 Å². The number of aromatic nitrogens is 3. The van der Waals surface area contributed by atoms with E-state index in [1.807, 2.05) is 0 Å². The van der Waals surface area contributed by atoms with E-state index in [0.717, 1.165) is 13.0 Å². The number of carboxylic acid groups (broad SMARTS) is 1. The van der Waals surface area contributed by atoms with Crippen LogP contribution in [0.25, 0.3) is 0 Å². The first-order chi connectivity index (χ1) is 7.18. The Hall–Kier alpha value is -1.14. The van der Waals surface area contributed by atoms with Gasteiger partial charge in [0.2, 0.25) is 5.69 Å². The van der Waals surface area contributed by atoms with E-state index in [-0.39, 0.29) is 10.8 Å². The molecule has 15 heavy (non-hydrogen) atoms. The summed E-state index contributed by atoms with van der Waals surface area (Å²) in [5.74, 6) is -0.820. The molecule has 1 aliphatic rings. The van der Waals surface area contributed by atoms with E-state index in [1.165, 1.54) is 4.68 Å². The molecule has 0 saturated carbocycles. The van der Waals surface area contributed by atoms with Crippen LogP contribution >= 0.6 is 11.6 Å². The topological polar surface area (TPSA) is 77.2 Å². The number of rotatable bonds is 3. The van der Waals surface area contributed by atoms with Gasteiger partial charge in [-0.3, -0.25) is 0 Å². The summed E-state index contributed by atoms with van der Waals surface area (Å²) in [4.78, 5) is 10.6. The van der Waals surface area contributed by atoms with E-state index in [2.05, 4.69) is 10.3 Å². The second kappa shape index (κ2) is 4.16. The molecule has 1 fully saturated rings. The van der Waals surface area contributed by atoms with Gasteiger partial charge in [-0.05, 0) is 6.42 Å². The maximum atomic E-state index is 10.6. The van der Waals surface area contributed by atoms with E-state index >= 15 is 0 Å². The van der Waals surface area contributed by atoms with Gasteiger partial charge in [0.25, 0.3) is 0 Å². The molecule has 1 aromatic heterocycles. The third kappa shape index (κ3) is 2.10. The zero-order chi connectivity index (χ0) is 10.8. The minimum absolute atomic E-state index is 0.0781. The van der Waals surface area contributed by atoms with Gasteiger partial charge in [0, 0.05) is 19.1 Å². The number of halogens is 1. The average molecular weight is 232 g/mol. The van der Waals surface area contributed by atoms with Gasteiger partial charge in [-0.15, -0.1) is 5.10 Å². The lowest BCUT2D eigenvalue weighted by molar-refractivity contribution is 0.0690. The van der Waals surface area contributed by atoms with Crippen molar-refractivity contribution in [3.8, 4) is 0 Å². The van der Waals surface area contributed by atoms with Gasteiger partial charge in [-0.25, -0.2) is 9.48 Å². The van der Waals surface area contributed by atoms with Crippen molar-refractivity contribution in [2.45, 2.75) is 13.0 Å². The van der Waals surface area contributed by atoms with Crippen LogP contribution in [0.5, 0.6) is 0 Å². The molecule has 6 nitrogen and oxygen atoms in total. The molecule has 1 atom stereocenters. The molecule has 1 aromatic rings. The van der Waals surface area contributed by atoms with Crippen LogP contribution in [-0.2, 0) is 11.3 Å². The summed E-state index contributed by atoms with van der Waals surface area (Å²) in [6.07, 6.45) is 0.943. The molecule has 1 N–H and O–H groups in total. The second-order valence-corrected chi connectivity index (χ2v) is 3.80. The molecule has 1 saturated heterocycles. The second-order valence-electron chi connectivity index (χ2n) is 3.45. The maximum absolute atomic E-state index is 10.6. The molecule has 1 unspecified atom stereocenters. The Morgan fingerprint density at radius 3 is 3.07 bits per heavy atom. The molecule has 7 heteroatoms. The SMILES string of the molecule is O=C(O)c1nnn(CC2CCOC2)c1Cl. The largest absolute Gasteiger partial charge is 0.476 e. The van der Waals surface area contributed by atoms with Crippen LogP contribution in [0.3, 0.4) is 0 Å². The zero-order valence-corrected chi connectivity index (χ0v) is 8.65. The first-order valence-corrected chi connectivity index (χ1v) is 4.96. The number of hydrogen-bond acceptors (Lipinski definition) is 4. The molecule has 0 aliphatic carbocycles. The van der Waals surface area contributed by atoms with E-state index < -0.39 is 5.97 Å². The molecule has 0 aromatic carbocycles. The van der Waals surface area contributed by atoms with Crippen LogP contribution in [0.4, 0.5) is 0 Å². The number of carboxylic acids is 1. The van der Waals surface area contributed by atoms with Crippen LogP contribution < -0.4 is 0 Å². The average Bonchev–Trinajstić information content (AvgIpc) is 2.78. The van der Waals surface area contributed by atoms with Gasteiger partial charge in [-0.1, -0.05) is 16.8 Å². The van der Waals surface area contributed by atoms with Crippen LogP contribution in [0.1, 0.15) is 16.9 Å². The Morgan fingerprint density at radius 2 is 2.53 bits per heavy atom. The van der Waals surface area contributed by atoms with Crippen molar-refractivity contribution in [2.24, 2.45) is 5.92 Å². The van der Waals surface area contributed by atoms with Gasteiger partial charge < -0.3 is 9.84 Å². The molecular formula is C8H10ClN3O3. The predicted molar refractivity (Wildman–Crippen MR) is 50.9 cm³/mol. The summed E-state index contributed by atoms with van der Waals surface area (Å²) in [7, 11) is 0. The molecule has 0 radical (unpaired) electrons. The van der Waals surface area contributed by atoms with E-state index in [0.29, 0.717) is 19.1 Å². The minimum Gasteiger partial charge on any atom is -0.476 e. The highest BCUT2D eigenvalue weighted by Crippen LogP contribution is 2.18. The molecule has 1 aliphatic heterocycles. The van der Waals surface area contributed by atoms with Crippen LogP contribution in [0.2, 0.25) is 5.15 Å². The highest BCUT2D eigenvalue weighted by molar-refractivity contribution is 6.32. The minimum atomic E-state index is -1.16. The van der Waals surface area contributed by atoms with Gasteiger partial charge >= 0.3 is 5.97 Å². The predicted octanol–water partition coefficient (Wildman–Crippen LogP) is 0.666. The van der Waals surface area contributed by atoms with Gasteiger partial charge in [0.1, 0.15) is 0 Å². The third-order valence-corrected chi connectivity index (χ3v) is 2.71. The number of hydrogen-bond donors (Lipinski definition) is 1. The highest BCUT2D eigenvalue weighted by Gasteiger charge is 2.21. The fraction of sp³-hybridized carbons (Fsp3) is 0.625. The van der Waals surface area contributed by atoms with Crippen molar-refractivity contribution in [1.82, 2.24) is 15.0 Å². The molecule has 0 amide bonds. The van der Waals surface area contributed by atoms with Crippen LogP contribution in [-0.4, -0.2) is 39.3 Å². The summed E-state index contributed by atoms with van der Waals surface area (Å²) >= 11 is 5.81. The molecular weight excluding hydrogens is 222 g/mol. The number of nitrogens with zero attached hydrogens (tertiary/aromatic N) is 3. The zero-order valence-electron chi connectivity index (χ0n) is 7.89. The van der Waals surface area contributed by atoms with Crippen LogP contribution in [0, 0.1) is 5.92 Å². The summed E-state index contributed by atoms with van der Waals surface area (Å²) in [5.41, 5.74) is -0.199. The summed E-state index contributed by atoms with van der Waals surface area (Å²) in [6, 6.07) is 0.